The van der Waals surface area contributed by atoms with Crippen molar-refractivity contribution < 1.29 is 18.3 Å². The Balaban J connectivity index is 2.67. The van der Waals surface area contributed by atoms with Crippen LogP contribution in [0.1, 0.15) is 45.4 Å². The van der Waals surface area contributed by atoms with Crippen LogP contribution >= 0.6 is 0 Å². The molecule has 0 bridgehead atoms. The maximum Gasteiger partial charge on any atom is 0.392 e. The standard InChI is InChI=1S/C13H21F3O/c1-3-9(2)8-12(17)10-6-4-5-7-11(10)13(14,15)16/h10-12,17H,2-8H2,1H3. The van der Waals surface area contributed by atoms with E-state index < -0.39 is 24.1 Å². The molecule has 0 saturated heterocycles. The van der Waals surface area contributed by atoms with E-state index in [0.717, 1.165) is 12.0 Å². The van der Waals surface area contributed by atoms with Crippen molar-refractivity contribution >= 4 is 0 Å². The average molecular weight is 250 g/mol. The summed E-state index contributed by atoms with van der Waals surface area (Å²) in [6, 6.07) is 0. The van der Waals surface area contributed by atoms with Gasteiger partial charge in [-0.05, 0) is 31.6 Å². The molecule has 0 aromatic carbocycles. The minimum atomic E-state index is -4.18. The van der Waals surface area contributed by atoms with E-state index in [4.69, 9.17) is 0 Å². The summed E-state index contributed by atoms with van der Waals surface area (Å²) in [6.07, 6.45) is -2.04. The van der Waals surface area contributed by atoms with E-state index in [1.54, 1.807) is 0 Å². The molecular weight excluding hydrogens is 229 g/mol. The molecule has 1 N–H and O–H groups in total. The number of hydrogen-bond acceptors (Lipinski definition) is 1. The second kappa shape index (κ2) is 5.89. The Labute approximate surface area is 101 Å². The van der Waals surface area contributed by atoms with E-state index in [1.807, 2.05) is 6.92 Å². The van der Waals surface area contributed by atoms with E-state index in [-0.39, 0.29) is 6.42 Å². The van der Waals surface area contributed by atoms with Crippen molar-refractivity contribution in [3.05, 3.63) is 12.2 Å². The van der Waals surface area contributed by atoms with Gasteiger partial charge in [-0.15, -0.1) is 0 Å². The average Bonchev–Trinajstić information content (AvgIpc) is 2.27. The Bertz CT molecular complexity index is 260. The largest absolute Gasteiger partial charge is 0.392 e. The lowest BCUT2D eigenvalue weighted by atomic mass is 9.74. The van der Waals surface area contributed by atoms with Crippen molar-refractivity contribution in [3.8, 4) is 0 Å². The highest BCUT2D eigenvalue weighted by atomic mass is 19.4. The molecule has 100 valence electrons. The first-order valence-electron chi connectivity index (χ1n) is 6.27. The van der Waals surface area contributed by atoms with Crippen LogP contribution in [0.5, 0.6) is 0 Å². The normalized spacial score (nSPS) is 27.8. The van der Waals surface area contributed by atoms with Crippen LogP contribution in [-0.4, -0.2) is 17.4 Å². The number of aliphatic hydroxyl groups excluding tert-OH is 1. The van der Waals surface area contributed by atoms with E-state index in [9.17, 15) is 18.3 Å². The number of hydrogen-bond donors (Lipinski definition) is 1. The summed E-state index contributed by atoms with van der Waals surface area (Å²) in [5.74, 6) is -1.98. The van der Waals surface area contributed by atoms with Gasteiger partial charge in [0.1, 0.15) is 0 Å². The zero-order valence-electron chi connectivity index (χ0n) is 10.3. The molecule has 1 aliphatic carbocycles. The van der Waals surface area contributed by atoms with Gasteiger partial charge in [0.25, 0.3) is 0 Å². The minimum Gasteiger partial charge on any atom is -0.392 e. The Morgan fingerprint density at radius 2 is 1.94 bits per heavy atom. The lowest BCUT2D eigenvalue weighted by Crippen LogP contribution is -2.39. The number of alkyl halides is 3. The lowest BCUT2D eigenvalue weighted by molar-refractivity contribution is -0.206. The fraction of sp³-hybridized carbons (Fsp3) is 0.846. The van der Waals surface area contributed by atoms with Gasteiger partial charge in [0, 0.05) is 0 Å². The molecule has 1 nitrogen and oxygen atoms in total. The molecule has 1 rings (SSSR count). The Kier molecular flexibility index (Phi) is 5.04. The molecule has 3 atom stereocenters. The Morgan fingerprint density at radius 1 is 1.35 bits per heavy atom. The summed E-state index contributed by atoms with van der Waals surface area (Å²) < 4.78 is 38.5. The molecule has 1 saturated carbocycles. The first kappa shape index (κ1) is 14.6. The third-order valence-electron chi connectivity index (χ3n) is 3.73. The highest BCUT2D eigenvalue weighted by molar-refractivity contribution is 4.97. The Morgan fingerprint density at radius 3 is 2.47 bits per heavy atom. The molecule has 0 heterocycles. The van der Waals surface area contributed by atoms with Crippen LogP contribution in [0.3, 0.4) is 0 Å². The molecule has 1 aliphatic rings. The van der Waals surface area contributed by atoms with Gasteiger partial charge < -0.3 is 5.11 Å². The van der Waals surface area contributed by atoms with Crippen LogP contribution in [0.15, 0.2) is 12.2 Å². The number of rotatable bonds is 4. The Hall–Kier alpha value is -0.510. The highest BCUT2D eigenvalue weighted by Gasteiger charge is 2.47. The van der Waals surface area contributed by atoms with Gasteiger partial charge in [0.2, 0.25) is 0 Å². The summed E-state index contributed by atoms with van der Waals surface area (Å²) in [5, 5.41) is 9.95. The smallest absolute Gasteiger partial charge is 0.392 e. The maximum atomic E-state index is 12.8. The molecule has 1 fully saturated rings. The van der Waals surface area contributed by atoms with Crippen molar-refractivity contribution in [1.29, 1.82) is 0 Å². The third kappa shape index (κ3) is 4.02. The van der Waals surface area contributed by atoms with Crippen LogP contribution in [0.4, 0.5) is 13.2 Å². The van der Waals surface area contributed by atoms with Crippen LogP contribution in [0, 0.1) is 11.8 Å². The second-order valence-corrected chi connectivity index (χ2v) is 4.97. The van der Waals surface area contributed by atoms with E-state index in [1.165, 1.54) is 0 Å². The van der Waals surface area contributed by atoms with Crippen LogP contribution in [-0.2, 0) is 0 Å². The van der Waals surface area contributed by atoms with Gasteiger partial charge >= 0.3 is 6.18 Å². The fourth-order valence-electron chi connectivity index (χ4n) is 2.62. The molecule has 0 aromatic heterocycles. The summed E-state index contributed by atoms with van der Waals surface area (Å²) in [7, 11) is 0. The first-order chi connectivity index (χ1) is 7.86. The molecule has 17 heavy (non-hydrogen) atoms. The van der Waals surface area contributed by atoms with E-state index in [0.29, 0.717) is 25.7 Å². The zero-order chi connectivity index (χ0) is 13.1. The van der Waals surface area contributed by atoms with Crippen molar-refractivity contribution in [2.45, 2.75) is 57.7 Å². The first-order valence-corrected chi connectivity index (χ1v) is 6.27. The molecule has 0 radical (unpaired) electrons. The minimum absolute atomic E-state index is 0.157. The van der Waals surface area contributed by atoms with Gasteiger partial charge in [-0.2, -0.15) is 13.2 Å². The van der Waals surface area contributed by atoms with Crippen molar-refractivity contribution in [2.75, 3.05) is 0 Å². The number of halogens is 3. The molecule has 0 aromatic rings. The second-order valence-electron chi connectivity index (χ2n) is 4.97. The van der Waals surface area contributed by atoms with Gasteiger partial charge in [0.05, 0.1) is 12.0 Å². The zero-order valence-corrected chi connectivity index (χ0v) is 10.3. The van der Waals surface area contributed by atoms with Gasteiger partial charge in [0.15, 0.2) is 0 Å². The molecular formula is C13H21F3O. The molecule has 0 amide bonds. The number of aliphatic hydroxyl groups is 1. The maximum absolute atomic E-state index is 12.8. The fourth-order valence-corrected chi connectivity index (χ4v) is 2.62. The topological polar surface area (TPSA) is 20.2 Å². The van der Waals surface area contributed by atoms with Crippen LogP contribution < -0.4 is 0 Å². The lowest BCUT2D eigenvalue weighted by Gasteiger charge is -2.36. The quantitative estimate of drug-likeness (QED) is 0.746. The van der Waals surface area contributed by atoms with Crippen LogP contribution in [0.25, 0.3) is 0 Å². The van der Waals surface area contributed by atoms with Crippen molar-refractivity contribution in [3.63, 3.8) is 0 Å². The predicted molar refractivity (Wildman–Crippen MR) is 61.6 cm³/mol. The van der Waals surface area contributed by atoms with Crippen LogP contribution in [0.2, 0.25) is 0 Å². The molecule has 4 heteroatoms. The van der Waals surface area contributed by atoms with Gasteiger partial charge in [-0.3, -0.25) is 0 Å². The van der Waals surface area contributed by atoms with E-state index in [2.05, 4.69) is 6.58 Å². The predicted octanol–water partition coefficient (Wildman–Crippen LogP) is 4.07. The summed E-state index contributed by atoms with van der Waals surface area (Å²) in [4.78, 5) is 0. The summed E-state index contributed by atoms with van der Waals surface area (Å²) >= 11 is 0. The molecule has 3 unspecified atom stereocenters. The SMILES string of the molecule is C=C(CC)CC(O)C1CCCCC1C(F)(F)F. The summed E-state index contributed by atoms with van der Waals surface area (Å²) in [6.45, 7) is 5.65. The van der Waals surface area contributed by atoms with E-state index >= 15 is 0 Å². The van der Waals surface area contributed by atoms with Crippen molar-refractivity contribution in [2.24, 2.45) is 11.8 Å². The van der Waals surface area contributed by atoms with Crippen molar-refractivity contribution in [1.82, 2.24) is 0 Å². The van der Waals surface area contributed by atoms with Gasteiger partial charge in [-0.1, -0.05) is 31.9 Å². The monoisotopic (exact) mass is 250 g/mol. The van der Waals surface area contributed by atoms with Gasteiger partial charge in [-0.25, -0.2) is 0 Å². The summed E-state index contributed by atoms with van der Waals surface area (Å²) in [5.41, 5.74) is 0.823. The third-order valence-corrected chi connectivity index (χ3v) is 3.73. The molecule has 0 spiro atoms. The molecule has 0 aliphatic heterocycles. The highest BCUT2D eigenvalue weighted by Crippen LogP contribution is 2.43.